The molecular weight excluding hydrogens is 394 g/mol. The van der Waals surface area contributed by atoms with Crippen LogP contribution in [0.4, 0.5) is 0 Å². The topological polar surface area (TPSA) is 50.1 Å². The van der Waals surface area contributed by atoms with Crippen LogP contribution in [-0.4, -0.2) is 12.1 Å². The first-order valence-corrected chi connectivity index (χ1v) is 13.5. The van der Waals surface area contributed by atoms with Gasteiger partial charge >= 0.3 is 5.97 Å². The number of nitrogens with zero attached hydrogens (tertiary/aromatic N) is 1. The van der Waals surface area contributed by atoms with Crippen molar-refractivity contribution < 1.29 is 9.53 Å². The van der Waals surface area contributed by atoms with Gasteiger partial charge in [-0.15, -0.1) is 6.58 Å². The van der Waals surface area contributed by atoms with Crippen LogP contribution in [0.25, 0.3) is 0 Å². The van der Waals surface area contributed by atoms with Crippen molar-refractivity contribution >= 4 is 5.97 Å². The number of unbranched alkanes of at least 4 members (excludes halogenated alkanes) is 19. The molecule has 0 aromatic heterocycles. The number of nitriles is 1. The van der Waals surface area contributed by atoms with E-state index >= 15 is 0 Å². The third-order valence-electron chi connectivity index (χ3n) is 6.05. The van der Waals surface area contributed by atoms with Crippen molar-refractivity contribution in [1.29, 1.82) is 5.26 Å². The summed E-state index contributed by atoms with van der Waals surface area (Å²) in [6.45, 7) is 5.18. The van der Waals surface area contributed by atoms with Gasteiger partial charge in [0.15, 0.2) is 0 Å². The van der Waals surface area contributed by atoms with Crippen molar-refractivity contribution in [2.75, 3.05) is 0 Å². The van der Waals surface area contributed by atoms with Crippen LogP contribution in [0.15, 0.2) is 18.7 Å². The second-order valence-corrected chi connectivity index (χ2v) is 9.15. The normalized spacial score (nSPS) is 12.0. The molecule has 0 aliphatic rings. The summed E-state index contributed by atoms with van der Waals surface area (Å²) < 4.78 is 5.19. The number of allylic oxidation sites excluding steroid dienone is 2. The van der Waals surface area contributed by atoms with Crippen LogP contribution in [0.2, 0.25) is 0 Å². The average Bonchev–Trinajstić information content (AvgIpc) is 2.78. The number of hydrogen-bond acceptors (Lipinski definition) is 3. The van der Waals surface area contributed by atoms with E-state index in [0.717, 1.165) is 19.3 Å². The van der Waals surface area contributed by atoms with Crippen molar-refractivity contribution in [2.45, 2.75) is 148 Å². The molecule has 0 heterocycles. The van der Waals surface area contributed by atoms with Gasteiger partial charge in [0.05, 0.1) is 6.08 Å². The highest BCUT2D eigenvalue weighted by atomic mass is 16.5. The highest BCUT2D eigenvalue weighted by molar-refractivity contribution is 5.66. The summed E-state index contributed by atoms with van der Waals surface area (Å²) in [6, 6.07) is 1.84. The van der Waals surface area contributed by atoms with Crippen molar-refractivity contribution in [2.24, 2.45) is 0 Å². The molecule has 0 aromatic rings. The second kappa shape index (κ2) is 25.7. The van der Waals surface area contributed by atoms with Crippen LogP contribution in [0.3, 0.4) is 0 Å². The van der Waals surface area contributed by atoms with Crippen LogP contribution in [-0.2, 0) is 9.53 Å². The molecule has 0 saturated heterocycles. The summed E-state index contributed by atoms with van der Waals surface area (Å²) in [5, 5.41) is 8.56. The van der Waals surface area contributed by atoms with Gasteiger partial charge in [-0.2, -0.15) is 5.26 Å². The van der Waals surface area contributed by atoms with Crippen molar-refractivity contribution in [3.05, 3.63) is 24.8 Å². The van der Waals surface area contributed by atoms with E-state index < -0.39 is 0 Å². The fourth-order valence-electron chi connectivity index (χ4n) is 4.16. The number of hydrogen-bond donors (Lipinski definition) is 0. The molecule has 0 amide bonds. The third kappa shape index (κ3) is 24.7. The van der Waals surface area contributed by atoms with E-state index in [2.05, 4.69) is 12.7 Å². The summed E-state index contributed by atoms with van der Waals surface area (Å²) in [5.74, 6) is -0.299. The minimum atomic E-state index is -0.301. The van der Waals surface area contributed by atoms with Crippen LogP contribution in [0.5, 0.6) is 0 Å². The number of esters is 1. The van der Waals surface area contributed by atoms with Gasteiger partial charge in [0, 0.05) is 6.92 Å². The van der Waals surface area contributed by atoms with Gasteiger partial charge in [-0.25, -0.2) is 0 Å². The summed E-state index contributed by atoms with van der Waals surface area (Å²) in [5.41, 5.74) is 0. The second-order valence-electron chi connectivity index (χ2n) is 9.15. The Hall–Kier alpha value is -1.56. The van der Waals surface area contributed by atoms with Crippen LogP contribution in [0.1, 0.15) is 142 Å². The zero-order valence-corrected chi connectivity index (χ0v) is 21.1. The zero-order chi connectivity index (χ0) is 23.5. The average molecular weight is 445 g/mol. The Morgan fingerprint density at radius 1 is 0.750 bits per heavy atom. The Labute approximate surface area is 199 Å². The summed E-state index contributed by atoms with van der Waals surface area (Å²) in [4.78, 5) is 11.1. The number of rotatable bonds is 24. The maximum absolute atomic E-state index is 11.1. The van der Waals surface area contributed by atoms with E-state index in [9.17, 15) is 4.79 Å². The van der Waals surface area contributed by atoms with Gasteiger partial charge in [-0.3, -0.25) is 4.79 Å². The van der Waals surface area contributed by atoms with Gasteiger partial charge < -0.3 is 4.74 Å². The standard InChI is InChI=1S/C29H50NO2/c1-3-4-5-6-7-8-9-10-11-12-13-14-15-16-17-18-19-20-21-22-23-25-29(26-24-27-30)32-28(2)31/h3,26,29H,1,4-23,25H2,2H3. The lowest BCUT2D eigenvalue weighted by Gasteiger charge is -2.12. The summed E-state index contributed by atoms with van der Waals surface area (Å²) in [6.07, 6.45) is 33.5. The predicted molar refractivity (Wildman–Crippen MR) is 136 cm³/mol. The molecule has 0 bridgehead atoms. The zero-order valence-electron chi connectivity index (χ0n) is 21.1. The third-order valence-corrected chi connectivity index (χ3v) is 6.05. The van der Waals surface area contributed by atoms with E-state index in [1.807, 2.05) is 12.1 Å². The van der Waals surface area contributed by atoms with E-state index in [0.29, 0.717) is 0 Å². The molecule has 0 spiro atoms. The van der Waals surface area contributed by atoms with Crippen LogP contribution >= 0.6 is 0 Å². The first-order chi connectivity index (χ1) is 15.7. The highest BCUT2D eigenvalue weighted by Gasteiger charge is 2.07. The molecule has 0 aromatic carbocycles. The molecule has 1 unspecified atom stereocenters. The Morgan fingerprint density at radius 3 is 1.47 bits per heavy atom. The lowest BCUT2D eigenvalue weighted by atomic mass is 10.0. The van der Waals surface area contributed by atoms with Crippen LogP contribution in [0, 0.1) is 17.4 Å². The quantitative estimate of drug-likeness (QED) is 0.0645. The van der Waals surface area contributed by atoms with Gasteiger partial charge in [-0.1, -0.05) is 115 Å². The molecule has 0 N–H and O–H groups in total. The Kier molecular flexibility index (Phi) is 24.4. The molecule has 0 aliphatic heterocycles. The molecular formula is C29H50NO2. The molecule has 0 fully saturated rings. The maximum atomic E-state index is 11.1. The number of ether oxygens (including phenoxy) is 1. The van der Waals surface area contributed by atoms with Crippen molar-refractivity contribution in [1.82, 2.24) is 0 Å². The highest BCUT2D eigenvalue weighted by Crippen LogP contribution is 2.16. The fraction of sp³-hybridized carbons (Fsp3) is 0.793. The van der Waals surface area contributed by atoms with E-state index in [4.69, 9.17) is 10.00 Å². The van der Waals surface area contributed by atoms with Crippen molar-refractivity contribution in [3.63, 3.8) is 0 Å². The molecule has 1 radical (unpaired) electrons. The maximum Gasteiger partial charge on any atom is 0.303 e. The summed E-state index contributed by atoms with van der Waals surface area (Å²) in [7, 11) is 0. The minimum absolute atomic E-state index is 0.299. The molecule has 3 heteroatoms. The first kappa shape index (κ1) is 30.4. The lowest BCUT2D eigenvalue weighted by Crippen LogP contribution is -2.13. The summed E-state index contributed by atoms with van der Waals surface area (Å²) >= 11 is 0. The first-order valence-electron chi connectivity index (χ1n) is 13.5. The monoisotopic (exact) mass is 444 g/mol. The number of carbonyl (C=O) groups is 1. The molecule has 0 aliphatic carbocycles. The van der Waals surface area contributed by atoms with E-state index in [-0.39, 0.29) is 12.1 Å². The number of carbonyl (C=O) groups excluding carboxylic acids is 1. The van der Waals surface area contributed by atoms with Crippen molar-refractivity contribution in [3.8, 4) is 6.07 Å². The smallest absolute Gasteiger partial charge is 0.303 e. The SMILES string of the molecule is C=CCCCCCCCCCCCCCCCCCCCCCC(C=[C]C#N)OC(C)=O. The van der Waals surface area contributed by atoms with Gasteiger partial charge in [0.2, 0.25) is 0 Å². The Morgan fingerprint density at radius 2 is 1.12 bits per heavy atom. The van der Waals surface area contributed by atoms with E-state index in [1.165, 1.54) is 122 Å². The van der Waals surface area contributed by atoms with Gasteiger partial charge in [0.25, 0.3) is 0 Å². The van der Waals surface area contributed by atoms with Crippen LogP contribution < -0.4 is 0 Å². The van der Waals surface area contributed by atoms with Gasteiger partial charge in [0.1, 0.15) is 12.2 Å². The lowest BCUT2D eigenvalue weighted by molar-refractivity contribution is -0.144. The molecule has 3 nitrogen and oxygen atoms in total. The molecule has 1 atom stereocenters. The van der Waals surface area contributed by atoms with Gasteiger partial charge in [-0.05, 0) is 31.8 Å². The minimum Gasteiger partial charge on any atom is -0.458 e. The molecule has 32 heavy (non-hydrogen) atoms. The molecule has 0 rings (SSSR count). The largest absolute Gasteiger partial charge is 0.458 e. The Balaban J connectivity index is 3.26. The van der Waals surface area contributed by atoms with E-state index in [1.54, 1.807) is 6.08 Å². The molecule has 183 valence electrons. The fourth-order valence-corrected chi connectivity index (χ4v) is 4.16. The predicted octanol–water partition coefficient (Wildman–Crippen LogP) is 9.18. The molecule has 0 saturated carbocycles. The Bertz CT molecular complexity index is 492.